The zero-order chi connectivity index (χ0) is 9.42. The number of fused-ring (bicyclic) bond motifs is 1. The van der Waals surface area contributed by atoms with Crippen molar-refractivity contribution in [3.8, 4) is 5.75 Å². The molecule has 0 aliphatic carbocycles. The van der Waals surface area contributed by atoms with E-state index in [1.807, 2.05) is 6.07 Å². The molecule has 1 aliphatic heterocycles. The Labute approximate surface area is 82.6 Å². The molecule has 68 valence electrons. The Kier molecular flexibility index (Phi) is 1.88. The summed E-state index contributed by atoms with van der Waals surface area (Å²) in [4.78, 5) is 10.6. The lowest BCUT2D eigenvalue weighted by Gasteiger charge is -2.03. The van der Waals surface area contributed by atoms with E-state index in [4.69, 9.17) is 9.84 Å². The number of rotatable bonds is 1. The molecule has 1 aliphatic rings. The van der Waals surface area contributed by atoms with Crippen LogP contribution in [0, 0.1) is 0 Å². The number of nitrogens with one attached hydrogen (secondary N) is 1. The van der Waals surface area contributed by atoms with Gasteiger partial charge in [0, 0.05) is 0 Å². The van der Waals surface area contributed by atoms with Gasteiger partial charge >= 0.3 is 5.97 Å². The van der Waals surface area contributed by atoms with Crippen LogP contribution >= 0.6 is 15.9 Å². The Bertz CT molecular complexity index is 366. The molecular formula is C8H6BrNO3. The zero-order valence-electron chi connectivity index (χ0n) is 6.45. The van der Waals surface area contributed by atoms with Gasteiger partial charge in [-0.05, 0) is 28.1 Å². The number of aliphatic carboxylic acids is 1. The summed E-state index contributed by atoms with van der Waals surface area (Å²) in [6.45, 7) is 0. The van der Waals surface area contributed by atoms with Crippen molar-refractivity contribution >= 4 is 27.6 Å². The summed E-state index contributed by atoms with van der Waals surface area (Å²) in [5, 5.41) is 11.4. The van der Waals surface area contributed by atoms with E-state index in [2.05, 4.69) is 21.2 Å². The molecule has 1 aromatic carbocycles. The normalized spacial score (nSPS) is 18.7. The van der Waals surface area contributed by atoms with Crippen LogP contribution in [0.5, 0.6) is 5.75 Å². The molecule has 0 saturated carbocycles. The van der Waals surface area contributed by atoms with E-state index in [0.717, 1.165) is 4.47 Å². The van der Waals surface area contributed by atoms with Gasteiger partial charge in [-0.25, -0.2) is 4.79 Å². The summed E-state index contributed by atoms with van der Waals surface area (Å²) in [6.07, 6.45) is -0.978. The highest BCUT2D eigenvalue weighted by Gasteiger charge is 2.28. The maximum atomic E-state index is 10.6. The second-order valence-electron chi connectivity index (χ2n) is 2.60. The third kappa shape index (κ3) is 1.35. The largest absolute Gasteiger partial charge is 0.477 e. The number of hydrogen-bond donors (Lipinski definition) is 2. The summed E-state index contributed by atoms with van der Waals surface area (Å²) in [7, 11) is 0. The molecule has 2 N–H and O–H groups in total. The van der Waals surface area contributed by atoms with Crippen LogP contribution in [0.15, 0.2) is 22.7 Å². The third-order valence-electron chi connectivity index (χ3n) is 1.71. The van der Waals surface area contributed by atoms with Crippen LogP contribution in [-0.4, -0.2) is 17.3 Å². The van der Waals surface area contributed by atoms with Crippen molar-refractivity contribution in [2.75, 3.05) is 5.32 Å². The van der Waals surface area contributed by atoms with Gasteiger partial charge in [0.2, 0.25) is 0 Å². The maximum absolute atomic E-state index is 10.6. The second kappa shape index (κ2) is 2.92. The van der Waals surface area contributed by atoms with Crippen molar-refractivity contribution in [1.29, 1.82) is 0 Å². The van der Waals surface area contributed by atoms with E-state index in [9.17, 15) is 4.79 Å². The van der Waals surface area contributed by atoms with Crippen LogP contribution in [0.4, 0.5) is 5.69 Å². The van der Waals surface area contributed by atoms with Crippen LogP contribution in [0.3, 0.4) is 0 Å². The molecule has 1 atom stereocenters. The summed E-state index contributed by atoms with van der Waals surface area (Å²) < 4.78 is 5.89. The van der Waals surface area contributed by atoms with Crippen LogP contribution < -0.4 is 10.1 Å². The summed E-state index contributed by atoms with van der Waals surface area (Å²) in [5.41, 5.74) is 0.696. The number of hydrogen-bond acceptors (Lipinski definition) is 3. The fraction of sp³-hybridized carbons (Fsp3) is 0.125. The Morgan fingerprint density at radius 3 is 3.00 bits per heavy atom. The van der Waals surface area contributed by atoms with Gasteiger partial charge in [-0.15, -0.1) is 0 Å². The van der Waals surface area contributed by atoms with Gasteiger partial charge in [0.1, 0.15) is 0 Å². The van der Waals surface area contributed by atoms with Crippen LogP contribution in [0.2, 0.25) is 0 Å². The number of benzene rings is 1. The van der Waals surface area contributed by atoms with Crippen molar-refractivity contribution in [3.05, 3.63) is 22.7 Å². The molecule has 1 heterocycles. The van der Waals surface area contributed by atoms with Gasteiger partial charge < -0.3 is 15.2 Å². The summed E-state index contributed by atoms with van der Waals surface area (Å²) in [5.74, 6) is -0.474. The topological polar surface area (TPSA) is 58.6 Å². The Hall–Kier alpha value is -1.23. The van der Waals surface area contributed by atoms with Crippen molar-refractivity contribution in [1.82, 2.24) is 0 Å². The number of carboxylic acid groups (broad SMARTS) is 1. The van der Waals surface area contributed by atoms with E-state index < -0.39 is 12.2 Å². The minimum Gasteiger partial charge on any atom is -0.477 e. The molecule has 0 bridgehead atoms. The zero-order valence-corrected chi connectivity index (χ0v) is 8.04. The van der Waals surface area contributed by atoms with Gasteiger partial charge in [0.15, 0.2) is 5.75 Å². The fourth-order valence-electron chi connectivity index (χ4n) is 1.14. The third-order valence-corrected chi connectivity index (χ3v) is 2.34. The van der Waals surface area contributed by atoms with Crippen LogP contribution in [-0.2, 0) is 4.79 Å². The van der Waals surface area contributed by atoms with E-state index in [0.29, 0.717) is 11.4 Å². The van der Waals surface area contributed by atoms with Crippen molar-refractivity contribution in [3.63, 3.8) is 0 Å². The molecule has 0 spiro atoms. The standard InChI is InChI=1S/C8H6BrNO3/c9-4-2-1-3-5-6(4)13-7(10-5)8(11)12/h1-3,7,10H,(H,11,12). The Morgan fingerprint density at radius 2 is 2.38 bits per heavy atom. The van der Waals surface area contributed by atoms with Gasteiger partial charge in [0.25, 0.3) is 6.23 Å². The second-order valence-corrected chi connectivity index (χ2v) is 3.45. The molecule has 1 unspecified atom stereocenters. The quantitative estimate of drug-likeness (QED) is 0.788. The smallest absolute Gasteiger partial charge is 0.366 e. The predicted octanol–water partition coefficient (Wildman–Crippen LogP) is 1.66. The summed E-state index contributed by atoms with van der Waals surface area (Å²) in [6, 6.07) is 5.37. The Morgan fingerprint density at radius 1 is 1.62 bits per heavy atom. The number of anilines is 1. The molecule has 5 heteroatoms. The molecule has 0 fully saturated rings. The first-order valence-electron chi connectivity index (χ1n) is 3.63. The number of halogens is 1. The number of ether oxygens (including phenoxy) is 1. The molecule has 0 radical (unpaired) electrons. The summed E-state index contributed by atoms with van der Waals surface area (Å²) >= 11 is 3.27. The minimum atomic E-state index is -1.02. The van der Waals surface area contributed by atoms with Crippen molar-refractivity contribution in [2.24, 2.45) is 0 Å². The van der Waals surface area contributed by atoms with Crippen LogP contribution in [0.25, 0.3) is 0 Å². The molecule has 4 nitrogen and oxygen atoms in total. The minimum absolute atomic E-state index is 0.551. The number of para-hydroxylation sites is 1. The van der Waals surface area contributed by atoms with Crippen molar-refractivity contribution < 1.29 is 14.6 Å². The molecule has 2 rings (SSSR count). The lowest BCUT2D eigenvalue weighted by Crippen LogP contribution is -2.30. The maximum Gasteiger partial charge on any atom is 0.366 e. The van der Waals surface area contributed by atoms with E-state index in [1.54, 1.807) is 12.1 Å². The lowest BCUT2D eigenvalue weighted by molar-refractivity contribution is -0.143. The average molecular weight is 244 g/mol. The molecule has 0 saturated heterocycles. The van der Waals surface area contributed by atoms with Crippen molar-refractivity contribution in [2.45, 2.75) is 6.23 Å². The molecule has 0 amide bonds. The van der Waals surface area contributed by atoms with Gasteiger partial charge in [-0.1, -0.05) is 6.07 Å². The molecular weight excluding hydrogens is 238 g/mol. The molecule has 1 aromatic rings. The molecule has 13 heavy (non-hydrogen) atoms. The number of carbonyl (C=O) groups is 1. The first kappa shape index (κ1) is 8.37. The first-order valence-corrected chi connectivity index (χ1v) is 4.42. The average Bonchev–Trinajstić information content (AvgIpc) is 2.49. The monoisotopic (exact) mass is 243 g/mol. The highest BCUT2D eigenvalue weighted by Crippen LogP contribution is 2.38. The van der Waals surface area contributed by atoms with E-state index in [-0.39, 0.29) is 0 Å². The molecule has 0 aromatic heterocycles. The van der Waals surface area contributed by atoms with E-state index >= 15 is 0 Å². The van der Waals surface area contributed by atoms with E-state index in [1.165, 1.54) is 0 Å². The van der Waals surface area contributed by atoms with Gasteiger partial charge in [-0.2, -0.15) is 0 Å². The number of carboxylic acids is 1. The Balaban J connectivity index is 2.35. The van der Waals surface area contributed by atoms with Gasteiger partial charge in [0.05, 0.1) is 10.2 Å². The van der Waals surface area contributed by atoms with Crippen LogP contribution in [0.1, 0.15) is 0 Å². The van der Waals surface area contributed by atoms with Gasteiger partial charge in [-0.3, -0.25) is 0 Å². The SMILES string of the molecule is O=C(O)C1Nc2cccc(Br)c2O1. The highest BCUT2D eigenvalue weighted by atomic mass is 79.9. The highest BCUT2D eigenvalue weighted by molar-refractivity contribution is 9.10. The fourth-order valence-corrected chi connectivity index (χ4v) is 1.60. The first-order chi connectivity index (χ1) is 6.18. The predicted molar refractivity (Wildman–Crippen MR) is 49.8 cm³/mol. The lowest BCUT2D eigenvalue weighted by atomic mass is 10.3.